The molecule has 5 heteroatoms. The lowest BCUT2D eigenvalue weighted by Gasteiger charge is -2.12. The van der Waals surface area contributed by atoms with Gasteiger partial charge in [-0.3, -0.25) is 4.57 Å². The lowest BCUT2D eigenvalue weighted by atomic mass is 10.1. The molecule has 0 atom stereocenters. The average molecular weight is 556 g/mol. The molecule has 0 radical (unpaired) electrons. The maximum Gasteiger partial charge on any atom is 0.235 e. The third-order valence-corrected chi connectivity index (χ3v) is 9.16. The van der Waals surface area contributed by atoms with Gasteiger partial charge in [0.05, 0.1) is 26.9 Å². The average Bonchev–Trinajstić information content (AvgIpc) is 3.50. The van der Waals surface area contributed by atoms with Gasteiger partial charge in [-0.2, -0.15) is 0 Å². The summed E-state index contributed by atoms with van der Waals surface area (Å²) in [5, 5.41) is 5.91. The largest absolute Gasteiger partial charge is 0.277 e. The van der Waals surface area contributed by atoms with Crippen molar-refractivity contribution in [3.05, 3.63) is 114 Å². The fourth-order valence-electron chi connectivity index (χ4n) is 5.49. The number of nitrogens with zero attached hydrogens (tertiary/aromatic N) is 3. The summed E-state index contributed by atoms with van der Waals surface area (Å²) in [5.74, 6) is 0.683. The van der Waals surface area contributed by atoms with Crippen molar-refractivity contribution in [2.75, 3.05) is 0 Å². The van der Waals surface area contributed by atoms with E-state index in [-0.39, 0.29) is 0 Å². The summed E-state index contributed by atoms with van der Waals surface area (Å²) >= 11 is 5.71. The second-order valence-electron chi connectivity index (χ2n) is 9.16. The summed E-state index contributed by atoms with van der Waals surface area (Å²) in [6, 6.07) is 38.1. The Bertz CT molecular complexity index is 2160. The van der Waals surface area contributed by atoms with Gasteiger partial charge < -0.3 is 0 Å². The van der Waals surface area contributed by atoms with E-state index in [1.54, 1.807) is 0 Å². The molecule has 3 nitrogen and oxygen atoms in total. The summed E-state index contributed by atoms with van der Waals surface area (Å²) in [4.78, 5) is 10.4. The molecule has 3 heterocycles. The molecule has 0 N–H and O–H groups in total. The summed E-state index contributed by atoms with van der Waals surface area (Å²) in [5.41, 5.74) is 5.20. The van der Waals surface area contributed by atoms with Crippen LogP contribution in [0.25, 0.3) is 70.1 Å². The smallest absolute Gasteiger partial charge is 0.235 e. The maximum atomic E-state index is 5.25. The fraction of sp³-hybridized carbons (Fsp3) is 0. The van der Waals surface area contributed by atoms with Crippen LogP contribution in [-0.4, -0.2) is 14.5 Å². The van der Waals surface area contributed by atoms with Crippen LogP contribution in [0.4, 0.5) is 0 Å². The zero-order chi connectivity index (χ0) is 24.5. The van der Waals surface area contributed by atoms with Crippen molar-refractivity contribution in [2.45, 2.75) is 0 Å². The number of aromatic nitrogens is 3. The van der Waals surface area contributed by atoms with Gasteiger partial charge in [0, 0.05) is 41.7 Å². The second kappa shape index (κ2) is 7.97. The van der Waals surface area contributed by atoms with E-state index in [0.29, 0.717) is 5.95 Å². The van der Waals surface area contributed by atoms with Crippen LogP contribution in [0.5, 0.6) is 0 Å². The van der Waals surface area contributed by atoms with E-state index in [2.05, 4.69) is 118 Å². The van der Waals surface area contributed by atoms with Crippen LogP contribution < -0.4 is 0 Å². The lowest BCUT2D eigenvalue weighted by molar-refractivity contribution is 1.02. The number of thiophene rings is 1. The Balaban J connectivity index is 1.60. The van der Waals surface area contributed by atoms with Gasteiger partial charge >= 0.3 is 0 Å². The van der Waals surface area contributed by atoms with Gasteiger partial charge in [-0.15, -0.1) is 11.3 Å². The minimum absolute atomic E-state index is 0.683. The first-order chi connectivity index (χ1) is 18.3. The summed E-state index contributed by atoms with van der Waals surface area (Å²) in [6.45, 7) is 0. The number of fused-ring (bicyclic) bond motifs is 8. The number of benzene rings is 5. The van der Waals surface area contributed by atoms with Gasteiger partial charge in [-0.25, -0.2) is 9.97 Å². The maximum absolute atomic E-state index is 5.25. The number of hydrogen-bond acceptors (Lipinski definition) is 3. The highest BCUT2D eigenvalue weighted by Crippen LogP contribution is 2.46. The molecule has 0 saturated carbocycles. The Morgan fingerprint density at radius 2 is 1.35 bits per heavy atom. The second-order valence-corrected chi connectivity index (χ2v) is 11.1. The summed E-state index contributed by atoms with van der Waals surface area (Å²) in [7, 11) is 0. The Morgan fingerprint density at radius 1 is 0.649 bits per heavy atom. The zero-order valence-electron chi connectivity index (χ0n) is 19.5. The lowest BCUT2D eigenvalue weighted by Crippen LogP contribution is -2.03. The molecule has 8 rings (SSSR count). The van der Waals surface area contributed by atoms with E-state index < -0.39 is 0 Å². The molecule has 0 bridgehead atoms. The molecule has 174 valence electrons. The minimum Gasteiger partial charge on any atom is -0.277 e. The topological polar surface area (TPSA) is 30.7 Å². The molecule has 0 unspecified atom stereocenters. The fourth-order valence-corrected chi connectivity index (χ4v) is 7.27. The quantitative estimate of drug-likeness (QED) is 0.212. The molecular formula is C32H18BrN3S. The highest BCUT2D eigenvalue weighted by Gasteiger charge is 2.22. The highest BCUT2D eigenvalue weighted by molar-refractivity contribution is 9.10. The van der Waals surface area contributed by atoms with Crippen LogP contribution in [0, 0.1) is 0 Å². The molecule has 5 aromatic carbocycles. The van der Waals surface area contributed by atoms with Crippen LogP contribution >= 0.6 is 27.3 Å². The van der Waals surface area contributed by atoms with E-state index >= 15 is 0 Å². The van der Waals surface area contributed by atoms with Crippen molar-refractivity contribution >= 4 is 80.1 Å². The molecule has 0 spiro atoms. The van der Waals surface area contributed by atoms with E-state index in [1.807, 2.05) is 23.5 Å². The van der Waals surface area contributed by atoms with Gasteiger partial charge in [0.2, 0.25) is 5.95 Å². The number of rotatable bonds is 2. The van der Waals surface area contributed by atoms with Crippen molar-refractivity contribution in [1.82, 2.24) is 14.5 Å². The standard InChI is InChI=1S/C32H18BrN3S/c33-24-18-23-20-12-5-8-16-26(20)36(30(23)28-22-14-6-9-17-27(22)37-31(24)28)32-34-25-15-7-4-13-21(25)29(35-32)19-10-2-1-3-11-19/h1-18H. The van der Waals surface area contributed by atoms with Crippen molar-refractivity contribution in [2.24, 2.45) is 0 Å². The normalized spacial score (nSPS) is 11.9. The van der Waals surface area contributed by atoms with Gasteiger partial charge in [0.1, 0.15) is 0 Å². The highest BCUT2D eigenvalue weighted by atomic mass is 79.9. The number of para-hydroxylation sites is 2. The van der Waals surface area contributed by atoms with Gasteiger partial charge in [0.15, 0.2) is 0 Å². The number of halogens is 1. The molecule has 0 aliphatic rings. The zero-order valence-corrected chi connectivity index (χ0v) is 21.9. The molecule has 0 aliphatic heterocycles. The van der Waals surface area contributed by atoms with Crippen molar-refractivity contribution in [3.8, 4) is 17.2 Å². The Labute approximate surface area is 224 Å². The van der Waals surface area contributed by atoms with Crippen LogP contribution in [0.15, 0.2) is 114 Å². The van der Waals surface area contributed by atoms with Crippen LogP contribution in [0.3, 0.4) is 0 Å². The van der Waals surface area contributed by atoms with Gasteiger partial charge in [0.25, 0.3) is 0 Å². The van der Waals surface area contributed by atoms with Crippen molar-refractivity contribution in [3.63, 3.8) is 0 Å². The van der Waals surface area contributed by atoms with Crippen LogP contribution in [-0.2, 0) is 0 Å². The first-order valence-corrected chi connectivity index (χ1v) is 13.7. The Hall–Kier alpha value is -4.06. The predicted octanol–water partition coefficient (Wildman–Crippen LogP) is 9.52. The van der Waals surface area contributed by atoms with Gasteiger partial charge in [-0.05, 0) is 40.2 Å². The molecule has 8 aromatic rings. The van der Waals surface area contributed by atoms with E-state index in [0.717, 1.165) is 37.7 Å². The SMILES string of the molecule is Brc1cc2c3ccccc3n(-c3nc(-c4ccccc4)c4ccccc4n3)c2c2c1sc1ccccc12. The van der Waals surface area contributed by atoms with E-state index in [4.69, 9.17) is 9.97 Å². The third-order valence-electron chi connectivity index (χ3n) is 7.07. The molecule has 37 heavy (non-hydrogen) atoms. The predicted molar refractivity (Wildman–Crippen MR) is 160 cm³/mol. The van der Waals surface area contributed by atoms with Crippen LogP contribution in [0.1, 0.15) is 0 Å². The van der Waals surface area contributed by atoms with Crippen molar-refractivity contribution < 1.29 is 0 Å². The molecular weight excluding hydrogens is 538 g/mol. The van der Waals surface area contributed by atoms with Crippen molar-refractivity contribution in [1.29, 1.82) is 0 Å². The molecule has 0 amide bonds. The van der Waals surface area contributed by atoms with E-state index in [1.165, 1.54) is 30.9 Å². The molecule has 0 aliphatic carbocycles. The number of hydrogen-bond donors (Lipinski definition) is 0. The summed E-state index contributed by atoms with van der Waals surface area (Å²) in [6.07, 6.45) is 0. The molecule has 0 fully saturated rings. The summed E-state index contributed by atoms with van der Waals surface area (Å²) < 4.78 is 5.88. The van der Waals surface area contributed by atoms with Crippen LogP contribution in [0.2, 0.25) is 0 Å². The Morgan fingerprint density at radius 3 is 2.22 bits per heavy atom. The van der Waals surface area contributed by atoms with Gasteiger partial charge in [-0.1, -0.05) is 84.9 Å². The van der Waals surface area contributed by atoms with E-state index in [9.17, 15) is 0 Å². The third kappa shape index (κ3) is 3.05. The first kappa shape index (κ1) is 21.1. The molecule has 0 saturated heterocycles. The first-order valence-electron chi connectivity index (χ1n) is 12.1. The monoisotopic (exact) mass is 555 g/mol. The molecule has 3 aromatic heterocycles. The minimum atomic E-state index is 0.683. The Kier molecular flexibility index (Phi) is 4.54.